The van der Waals surface area contributed by atoms with Crippen LogP contribution in [0, 0.1) is 0 Å². The van der Waals surface area contributed by atoms with Gasteiger partial charge < -0.3 is 10.6 Å². The summed E-state index contributed by atoms with van der Waals surface area (Å²) >= 11 is 0. The van der Waals surface area contributed by atoms with Crippen molar-refractivity contribution >= 4 is 35.6 Å². The number of nitrogens with one attached hydrogen (secondary N) is 2. The van der Waals surface area contributed by atoms with Crippen LogP contribution in [-0.2, 0) is 4.79 Å². The molecule has 2 aromatic rings. The largest absolute Gasteiger partial charge is 0.326 e. The highest BCUT2D eigenvalue weighted by Gasteiger charge is 2.05. The minimum Gasteiger partial charge on any atom is -0.326 e. The number of carbonyl (C=O) groups is 2. The summed E-state index contributed by atoms with van der Waals surface area (Å²) in [5.74, 6) is -0.375. The Labute approximate surface area is 122 Å². The third kappa shape index (κ3) is 4.37. The van der Waals surface area contributed by atoms with Crippen molar-refractivity contribution < 1.29 is 9.59 Å². The molecule has 0 unspecified atom stereocenters. The van der Waals surface area contributed by atoms with Gasteiger partial charge in [0.25, 0.3) is 5.91 Å². The van der Waals surface area contributed by atoms with Gasteiger partial charge in [-0.15, -0.1) is 12.4 Å². The predicted octanol–water partition coefficient (Wildman–Crippen LogP) is 2.71. The highest BCUT2D eigenvalue weighted by molar-refractivity contribution is 6.04. The Morgan fingerprint density at radius 3 is 2.20 bits per heavy atom. The minimum atomic E-state index is -0.220. The Morgan fingerprint density at radius 2 is 1.60 bits per heavy atom. The van der Waals surface area contributed by atoms with Gasteiger partial charge in [0, 0.05) is 36.3 Å². The zero-order valence-electron chi connectivity index (χ0n) is 10.8. The normalized spacial score (nSPS) is 9.25. The van der Waals surface area contributed by atoms with Gasteiger partial charge in [0.15, 0.2) is 0 Å². The van der Waals surface area contributed by atoms with Crippen molar-refractivity contribution in [1.29, 1.82) is 0 Å². The summed E-state index contributed by atoms with van der Waals surface area (Å²) in [5.41, 5.74) is 1.79. The molecule has 20 heavy (non-hydrogen) atoms. The Kier molecular flexibility index (Phi) is 5.68. The summed E-state index contributed by atoms with van der Waals surface area (Å²) in [7, 11) is 0. The van der Waals surface area contributed by atoms with Gasteiger partial charge in [-0.05, 0) is 30.3 Å². The Morgan fingerprint density at radius 1 is 1.00 bits per heavy atom. The summed E-state index contributed by atoms with van der Waals surface area (Å²) in [6, 6.07) is 10.2. The molecule has 2 N–H and O–H groups in total. The average molecular weight is 292 g/mol. The molecule has 1 aromatic carbocycles. The van der Waals surface area contributed by atoms with E-state index in [4.69, 9.17) is 0 Å². The second-order valence-corrected chi connectivity index (χ2v) is 3.95. The van der Waals surface area contributed by atoms with Crippen LogP contribution in [0.1, 0.15) is 17.3 Å². The zero-order valence-corrected chi connectivity index (χ0v) is 11.6. The molecular formula is C14H14ClN3O2. The molecule has 1 heterocycles. The lowest BCUT2D eigenvalue weighted by Gasteiger charge is -2.07. The molecule has 0 bridgehead atoms. The van der Waals surface area contributed by atoms with E-state index >= 15 is 0 Å². The van der Waals surface area contributed by atoms with Crippen LogP contribution in [0.5, 0.6) is 0 Å². The van der Waals surface area contributed by atoms with Gasteiger partial charge >= 0.3 is 0 Å². The predicted molar refractivity (Wildman–Crippen MR) is 80.2 cm³/mol. The highest BCUT2D eigenvalue weighted by atomic mass is 35.5. The van der Waals surface area contributed by atoms with E-state index in [1.165, 1.54) is 6.92 Å². The topological polar surface area (TPSA) is 71.1 Å². The van der Waals surface area contributed by atoms with Crippen molar-refractivity contribution in [2.75, 3.05) is 10.6 Å². The minimum absolute atomic E-state index is 0. The summed E-state index contributed by atoms with van der Waals surface area (Å²) in [5, 5.41) is 5.41. The van der Waals surface area contributed by atoms with E-state index in [0.717, 1.165) is 0 Å². The maximum Gasteiger partial charge on any atom is 0.255 e. The number of pyridine rings is 1. The van der Waals surface area contributed by atoms with Gasteiger partial charge in [-0.1, -0.05) is 6.07 Å². The number of hydrogen-bond donors (Lipinski definition) is 2. The first-order valence-electron chi connectivity index (χ1n) is 5.74. The van der Waals surface area contributed by atoms with Crippen molar-refractivity contribution in [1.82, 2.24) is 4.98 Å². The van der Waals surface area contributed by atoms with Crippen LogP contribution in [0.25, 0.3) is 0 Å². The van der Waals surface area contributed by atoms with E-state index in [-0.39, 0.29) is 24.2 Å². The molecule has 0 aliphatic carbocycles. The Bertz CT molecular complexity index is 602. The van der Waals surface area contributed by atoms with Crippen molar-refractivity contribution in [3.8, 4) is 0 Å². The van der Waals surface area contributed by atoms with Crippen molar-refractivity contribution in [3.63, 3.8) is 0 Å². The first-order valence-corrected chi connectivity index (χ1v) is 5.74. The van der Waals surface area contributed by atoms with Crippen LogP contribution in [0.2, 0.25) is 0 Å². The number of carbonyl (C=O) groups excluding carboxylic acids is 2. The maximum absolute atomic E-state index is 11.9. The fraction of sp³-hybridized carbons (Fsp3) is 0.0714. The van der Waals surface area contributed by atoms with Crippen molar-refractivity contribution in [3.05, 3.63) is 54.4 Å². The van der Waals surface area contributed by atoms with Gasteiger partial charge in [0.1, 0.15) is 0 Å². The van der Waals surface area contributed by atoms with Gasteiger partial charge in [0.2, 0.25) is 5.91 Å². The van der Waals surface area contributed by atoms with Gasteiger partial charge in [-0.25, -0.2) is 0 Å². The summed E-state index contributed by atoms with van der Waals surface area (Å²) in [4.78, 5) is 26.7. The van der Waals surface area contributed by atoms with Crippen LogP contribution in [-0.4, -0.2) is 16.8 Å². The van der Waals surface area contributed by atoms with E-state index in [1.807, 2.05) is 0 Å². The van der Waals surface area contributed by atoms with Gasteiger partial charge in [-0.3, -0.25) is 14.6 Å². The standard InChI is InChI=1S/C14H13N3O2.ClH/c1-10(18)16-12-3-2-4-13(9-12)17-14(19)11-5-7-15-8-6-11;/h2-9H,1H3,(H,16,18)(H,17,19);1H. The van der Waals surface area contributed by atoms with Crippen molar-refractivity contribution in [2.24, 2.45) is 0 Å². The van der Waals surface area contributed by atoms with Crippen LogP contribution < -0.4 is 10.6 Å². The fourth-order valence-corrected chi connectivity index (χ4v) is 1.58. The number of hydrogen-bond acceptors (Lipinski definition) is 3. The molecule has 0 spiro atoms. The van der Waals surface area contributed by atoms with E-state index in [0.29, 0.717) is 16.9 Å². The zero-order chi connectivity index (χ0) is 13.7. The Balaban J connectivity index is 0.00000200. The lowest BCUT2D eigenvalue weighted by atomic mass is 10.2. The van der Waals surface area contributed by atoms with Gasteiger partial charge in [-0.2, -0.15) is 0 Å². The molecule has 0 fully saturated rings. The smallest absolute Gasteiger partial charge is 0.255 e. The monoisotopic (exact) mass is 291 g/mol. The number of nitrogens with zero attached hydrogens (tertiary/aromatic N) is 1. The third-order valence-electron chi connectivity index (χ3n) is 2.38. The molecule has 5 nitrogen and oxygen atoms in total. The van der Waals surface area contributed by atoms with E-state index in [1.54, 1.807) is 48.8 Å². The first-order chi connectivity index (χ1) is 9.15. The van der Waals surface area contributed by atoms with Crippen LogP contribution >= 0.6 is 12.4 Å². The highest BCUT2D eigenvalue weighted by Crippen LogP contribution is 2.15. The van der Waals surface area contributed by atoms with Gasteiger partial charge in [0.05, 0.1) is 0 Å². The SMILES string of the molecule is CC(=O)Nc1cccc(NC(=O)c2ccncc2)c1.Cl. The molecule has 2 rings (SSSR count). The average Bonchev–Trinajstić information content (AvgIpc) is 2.39. The quantitative estimate of drug-likeness (QED) is 0.913. The molecule has 0 aliphatic heterocycles. The van der Waals surface area contributed by atoms with Crippen LogP contribution in [0.15, 0.2) is 48.8 Å². The molecule has 0 saturated carbocycles. The summed E-state index contributed by atoms with van der Waals surface area (Å²) in [6.07, 6.45) is 3.12. The van der Waals surface area contributed by atoms with E-state index in [2.05, 4.69) is 15.6 Å². The maximum atomic E-state index is 11.9. The third-order valence-corrected chi connectivity index (χ3v) is 2.38. The molecule has 1 aromatic heterocycles. The summed E-state index contributed by atoms with van der Waals surface area (Å²) in [6.45, 7) is 1.43. The van der Waals surface area contributed by atoms with Crippen LogP contribution in [0.3, 0.4) is 0 Å². The van der Waals surface area contributed by atoms with E-state index in [9.17, 15) is 9.59 Å². The number of aromatic nitrogens is 1. The summed E-state index contributed by atoms with van der Waals surface area (Å²) < 4.78 is 0. The molecule has 0 saturated heterocycles. The fourth-order valence-electron chi connectivity index (χ4n) is 1.58. The number of halogens is 1. The number of anilines is 2. The number of amides is 2. The molecular weight excluding hydrogens is 278 g/mol. The molecule has 0 atom stereocenters. The van der Waals surface area contributed by atoms with Crippen LogP contribution in [0.4, 0.5) is 11.4 Å². The first kappa shape index (κ1) is 15.7. The molecule has 6 heteroatoms. The van der Waals surface area contributed by atoms with E-state index < -0.39 is 0 Å². The molecule has 2 amide bonds. The second-order valence-electron chi connectivity index (χ2n) is 3.95. The van der Waals surface area contributed by atoms with Crippen molar-refractivity contribution in [2.45, 2.75) is 6.92 Å². The molecule has 0 radical (unpaired) electrons. The molecule has 0 aliphatic rings. The lowest BCUT2D eigenvalue weighted by molar-refractivity contribution is -0.114. The Hall–Kier alpha value is -2.40. The number of rotatable bonds is 3. The molecule has 104 valence electrons. The lowest BCUT2D eigenvalue weighted by Crippen LogP contribution is -2.12. The second kappa shape index (κ2) is 7.25. The number of benzene rings is 1.